The maximum atomic E-state index is 13.8. The molecule has 0 radical (unpaired) electrons. The minimum absolute atomic E-state index is 0.0438. The maximum absolute atomic E-state index is 13.8. The number of hydrogen-bond acceptors (Lipinski definition) is 6. The largest absolute Gasteiger partial charge is 0.423 e. The first-order valence-electron chi connectivity index (χ1n) is 14.1. The molecule has 3 fully saturated rings. The van der Waals surface area contributed by atoms with E-state index in [9.17, 15) is 24.0 Å². The second-order valence-electron chi connectivity index (χ2n) is 11.5. The first kappa shape index (κ1) is 28.8. The molecule has 3 aromatic rings. The summed E-state index contributed by atoms with van der Waals surface area (Å²) >= 11 is 18.0. The molecule has 11 heteroatoms. The molecule has 4 aliphatic carbocycles. The molecule has 0 unspecified atom stereocenters. The highest BCUT2D eigenvalue weighted by atomic mass is 35.5. The number of allylic oxidation sites excluding steroid dienone is 2. The predicted octanol–water partition coefficient (Wildman–Crippen LogP) is 6.16. The van der Waals surface area contributed by atoms with Crippen LogP contribution in [0.25, 0.3) is 0 Å². The molecule has 3 aromatic carbocycles. The fraction of sp³-hybridized carbons (Fsp3) is 0.242. The van der Waals surface area contributed by atoms with Gasteiger partial charge in [-0.3, -0.25) is 19.2 Å². The highest BCUT2D eigenvalue weighted by Gasteiger charge is 2.68. The predicted molar refractivity (Wildman–Crippen MR) is 161 cm³/mol. The summed E-state index contributed by atoms with van der Waals surface area (Å²) in [6, 6.07) is 16.1. The first-order chi connectivity index (χ1) is 21.1. The number of halogens is 3. The van der Waals surface area contributed by atoms with E-state index in [0.717, 1.165) is 16.4 Å². The Morgan fingerprint density at radius 1 is 0.773 bits per heavy atom. The number of carbonyl (C=O) groups excluding carboxylic acids is 5. The monoisotopic (exact) mass is 648 g/mol. The second kappa shape index (κ2) is 10.9. The number of Topliss-reactive ketones (excluding diaryl/α,β-unsaturated/α-hetero) is 1. The molecular weight excluding hydrogens is 627 g/mol. The van der Waals surface area contributed by atoms with Crippen molar-refractivity contribution in [2.45, 2.75) is 6.42 Å². The summed E-state index contributed by atoms with van der Waals surface area (Å²) in [5.41, 5.74) is 0.474. The lowest BCUT2D eigenvalue weighted by Crippen LogP contribution is -2.52. The SMILES string of the molecule is O=C(CN(C(=O)c1ccc(Cl)cc1)N1C(=O)[C@@H]2[C@H]3C=C[C@@H]([C@@H]4C[C@H]34)[C@@H]2C1=O)c1ccc(OC(=O)c2ccc(Cl)cc2Cl)cc1. The number of benzene rings is 3. The van der Waals surface area contributed by atoms with Gasteiger partial charge in [0.15, 0.2) is 5.78 Å². The van der Waals surface area contributed by atoms with Gasteiger partial charge in [0.25, 0.3) is 17.7 Å². The Morgan fingerprint density at radius 2 is 1.34 bits per heavy atom. The van der Waals surface area contributed by atoms with E-state index in [2.05, 4.69) is 0 Å². The van der Waals surface area contributed by atoms with Crippen molar-refractivity contribution >= 4 is 64.3 Å². The van der Waals surface area contributed by atoms with Crippen LogP contribution in [0.15, 0.2) is 78.9 Å². The minimum atomic E-state index is -0.709. The highest BCUT2D eigenvalue weighted by Crippen LogP contribution is 2.65. The lowest BCUT2D eigenvalue weighted by atomic mass is 9.63. The minimum Gasteiger partial charge on any atom is -0.423 e. The van der Waals surface area contributed by atoms with Crippen LogP contribution in [-0.4, -0.2) is 46.0 Å². The molecule has 2 bridgehead atoms. The van der Waals surface area contributed by atoms with Gasteiger partial charge >= 0.3 is 5.97 Å². The van der Waals surface area contributed by atoms with Crippen molar-refractivity contribution in [2.75, 3.05) is 6.54 Å². The molecule has 6 atom stereocenters. The topological polar surface area (TPSA) is 101 Å². The normalized spacial score (nSPS) is 25.8. The van der Waals surface area contributed by atoms with E-state index >= 15 is 0 Å². The van der Waals surface area contributed by atoms with Gasteiger partial charge in [-0.1, -0.05) is 47.0 Å². The second-order valence-corrected chi connectivity index (χ2v) is 12.8. The molecule has 222 valence electrons. The smallest absolute Gasteiger partial charge is 0.345 e. The number of hydrazine groups is 1. The quantitative estimate of drug-likeness (QED) is 0.1000. The Morgan fingerprint density at radius 3 is 1.93 bits per heavy atom. The van der Waals surface area contributed by atoms with Crippen molar-refractivity contribution in [1.29, 1.82) is 0 Å². The van der Waals surface area contributed by atoms with Crippen LogP contribution in [-0.2, 0) is 9.59 Å². The summed E-state index contributed by atoms with van der Waals surface area (Å²) < 4.78 is 5.39. The van der Waals surface area contributed by atoms with Crippen molar-refractivity contribution in [1.82, 2.24) is 10.0 Å². The molecule has 5 aliphatic rings. The van der Waals surface area contributed by atoms with E-state index in [1.165, 1.54) is 66.7 Å². The van der Waals surface area contributed by atoms with Crippen molar-refractivity contribution in [2.24, 2.45) is 35.5 Å². The zero-order valence-electron chi connectivity index (χ0n) is 22.9. The van der Waals surface area contributed by atoms with Crippen LogP contribution in [0.3, 0.4) is 0 Å². The summed E-state index contributed by atoms with van der Waals surface area (Å²) in [7, 11) is 0. The van der Waals surface area contributed by atoms with Crippen LogP contribution >= 0.6 is 34.8 Å². The Kier molecular flexibility index (Phi) is 7.11. The third kappa shape index (κ3) is 4.82. The number of ether oxygens (including phenoxy) is 1. The van der Waals surface area contributed by atoms with Gasteiger partial charge in [0, 0.05) is 21.2 Å². The molecule has 2 saturated carbocycles. The number of rotatable bonds is 7. The van der Waals surface area contributed by atoms with E-state index in [1.807, 2.05) is 12.2 Å². The average molecular weight is 650 g/mol. The summed E-state index contributed by atoms with van der Waals surface area (Å²) in [6.07, 6.45) is 5.08. The van der Waals surface area contributed by atoms with Gasteiger partial charge in [0.1, 0.15) is 12.3 Å². The molecule has 44 heavy (non-hydrogen) atoms. The van der Waals surface area contributed by atoms with E-state index < -0.39 is 47.9 Å². The lowest BCUT2D eigenvalue weighted by Gasteiger charge is -2.37. The first-order valence-corrected chi connectivity index (χ1v) is 15.2. The van der Waals surface area contributed by atoms with Gasteiger partial charge in [0.2, 0.25) is 0 Å². The molecule has 1 aliphatic heterocycles. The van der Waals surface area contributed by atoms with Crippen LogP contribution in [0.5, 0.6) is 5.75 Å². The molecule has 0 aromatic heterocycles. The van der Waals surface area contributed by atoms with Crippen molar-refractivity contribution < 1.29 is 28.7 Å². The summed E-state index contributed by atoms with van der Waals surface area (Å²) in [5.74, 6) is -3.07. The molecule has 1 heterocycles. The Labute approximate surface area is 267 Å². The Balaban J connectivity index is 1.13. The van der Waals surface area contributed by atoms with Gasteiger partial charge in [-0.25, -0.2) is 9.80 Å². The zero-order valence-corrected chi connectivity index (χ0v) is 25.1. The van der Waals surface area contributed by atoms with Crippen LogP contribution in [0.1, 0.15) is 37.5 Å². The molecule has 0 spiro atoms. The fourth-order valence-electron chi connectivity index (χ4n) is 6.91. The van der Waals surface area contributed by atoms with Crippen molar-refractivity contribution in [3.8, 4) is 5.75 Å². The van der Waals surface area contributed by atoms with Gasteiger partial charge in [-0.05, 0) is 96.8 Å². The molecule has 0 N–H and O–H groups in total. The third-order valence-corrected chi connectivity index (χ3v) is 9.84. The summed E-state index contributed by atoms with van der Waals surface area (Å²) in [6.45, 7) is -0.562. The maximum Gasteiger partial charge on any atom is 0.345 e. The number of ketones is 1. The molecule has 3 amide bonds. The van der Waals surface area contributed by atoms with Crippen molar-refractivity contribution in [3.05, 3.63) is 111 Å². The van der Waals surface area contributed by atoms with Gasteiger partial charge in [-0.15, -0.1) is 0 Å². The highest BCUT2D eigenvalue weighted by molar-refractivity contribution is 6.36. The van der Waals surface area contributed by atoms with Gasteiger partial charge < -0.3 is 4.74 Å². The number of hydrogen-bond donors (Lipinski definition) is 0. The third-order valence-electron chi connectivity index (χ3n) is 9.04. The number of esters is 1. The number of carbonyl (C=O) groups is 5. The average Bonchev–Trinajstić information content (AvgIpc) is 3.79. The van der Waals surface area contributed by atoms with E-state index in [1.54, 1.807) is 0 Å². The Bertz CT molecular complexity index is 1740. The van der Waals surface area contributed by atoms with Crippen molar-refractivity contribution in [3.63, 3.8) is 0 Å². The van der Waals surface area contributed by atoms with E-state index in [4.69, 9.17) is 39.5 Å². The molecule has 8 rings (SSSR count). The van der Waals surface area contributed by atoms with E-state index in [0.29, 0.717) is 21.9 Å². The van der Waals surface area contributed by atoms with Crippen LogP contribution in [0, 0.1) is 35.5 Å². The van der Waals surface area contributed by atoms with Crippen LogP contribution in [0.2, 0.25) is 15.1 Å². The zero-order chi connectivity index (χ0) is 30.9. The van der Waals surface area contributed by atoms with Crippen LogP contribution in [0.4, 0.5) is 0 Å². The number of amides is 3. The number of imide groups is 1. The van der Waals surface area contributed by atoms with Crippen LogP contribution < -0.4 is 4.74 Å². The fourth-order valence-corrected chi connectivity index (χ4v) is 7.52. The number of nitrogens with zero attached hydrogens (tertiary/aromatic N) is 2. The standard InChI is InChI=1S/C33H23Cl3N2O6/c34-18-5-1-17(2-6-18)30(40)37(38-31(41)28-21-11-12-22(25-14-24(21)25)29(28)32(38)42)15-27(39)16-3-8-20(9-4-16)44-33(43)23-10-7-19(35)13-26(23)36/h1-13,21-22,24-25,28-29H,14-15H2/t21-,22-,24-,25+,28-,29+/m0/s1. The van der Waals surface area contributed by atoms with Gasteiger partial charge in [-0.2, -0.15) is 5.01 Å². The molecular formula is C33H23Cl3N2O6. The lowest BCUT2D eigenvalue weighted by molar-refractivity contribution is -0.154. The Hall–Kier alpha value is -3.98. The molecule has 1 saturated heterocycles. The summed E-state index contributed by atoms with van der Waals surface area (Å²) in [4.78, 5) is 67.6. The van der Waals surface area contributed by atoms with E-state index in [-0.39, 0.29) is 39.3 Å². The summed E-state index contributed by atoms with van der Waals surface area (Å²) in [5, 5.41) is 2.76. The molecule has 8 nitrogen and oxygen atoms in total. The van der Waals surface area contributed by atoms with Gasteiger partial charge in [0.05, 0.1) is 22.4 Å².